The Hall–Kier alpha value is -0.850. The van der Waals surface area contributed by atoms with E-state index in [2.05, 4.69) is 32.9 Å². The Kier molecular flexibility index (Phi) is 4.98. The number of rotatable bonds is 5. The highest BCUT2D eigenvalue weighted by molar-refractivity contribution is 5.59. The fraction of sp³-hybridized carbons (Fsp3) is 0.667. The molecule has 0 heterocycles. The van der Waals surface area contributed by atoms with Crippen molar-refractivity contribution in [1.82, 2.24) is 0 Å². The van der Waals surface area contributed by atoms with Gasteiger partial charge in [-0.1, -0.05) is 37.1 Å². The van der Waals surface area contributed by atoms with E-state index in [1.54, 1.807) is 5.57 Å². The number of aldehydes is 1. The fourth-order valence-electron chi connectivity index (χ4n) is 2.01. The fourth-order valence-corrected chi connectivity index (χ4v) is 2.01. The molecule has 0 saturated heterocycles. The molecule has 0 fully saturated rings. The molecule has 90 valence electrons. The molecule has 0 bridgehead atoms. The van der Waals surface area contributed by atoms with Crippen molar-refractivity contribution in [3.8, 4) is 0 Å². The lowest BCUT2D eigenvalue weighted by Gasteiger charge is -2.27. The molecule has 1 atom stereocenters. The van der Waals surface area contributed by atoms with Gasteiger partial charge in [-0.2, -0.15) is 0 Å². The van der Waals surface area contributed by atoms with Crippen LogP contribution in [0.15, 0.2) is 23.3 Å². The van der Waals surface area contributed by atoms with Crippen molar-refractivity contribution in [3.05, 3.63) is 23.3 Å². The Labute approximate surface area is 99.6 Å². The molecule has 0 aromatic carbocycles. The predicted molar refractivity (Wildman–Crippen MR) is 69.4 cm³/mol. The molecule has 1 rings (SSSR count). The van der Waals surface area contributed by atoms with E-state index in [9.17, 15) is 4.79 Å². The third-order valence-corrected chi connectivity index (χ3v) is 3.67. The summed E-state index contributed by atoms with van der Waals surface area (Å²) in [7, 11) is 0. The summed E-state index contributed by atoms with van der Waals surface area (Å²) in [6.07, 6.45) is 12.3. The summed E-state index contributed by atoms with van der Waals surface area (Å²) in [5.41, 5.74) is 2.94. The van der Waals surface area contributed by atoms with E-state index >= 15 is 0 Å². The van der Waals surface area contributed by atoms with Crippen LogP contribution in [0.25, 0.3) is 0 Å². The minimum atomic E-state index is -0.0846. The standard InChI is InChI=1S/C15H24O/c1-4-13(2)6-5-7-14-8-10-15(3,12-16)11-9-14/h6,8,12H,4-5,7,9-11H2,1-3H3. The van der Waals surface area contributed by atoms with Crippen molar-refractivity contribution in [2.24, 2.45) is 5.41 Å². The Morgan fingerprint density at radius 3 is 2.81 bits per heavy atom. The van der Waals surface area contributed by atoms with Crippen LogP contribution in [0.5, 0.6) is 0 Å². The Balaban J connectivity index is 2.38. The van der Waals surface area contributed by atoms with Crippen molar-refractivity contribution in [1.29, 1.82) is 0 Å². The number of allylic oxidation sites excluding steroid dienone is 4. The number of hydrogen-bond acceptors (Lipinski definition) is 1. The molecule has 0 aliphatic heterocycles. The predicted octanol–water partition coefficient (Wildman–Crippen LogP) is 4.44. The first-order chi connectivity index (χ1) is 7.59. The summed E-state index contributed by atoms with van der Waals surface area (Å²) >= 11 is 0. The van der Waals surface area contributed by atoms with Crippen LogP contribution >= 0.6 is 0 Å². The van der Waals surface area contributed by atoms with Gasteiger partial charge in [-0.05, 0) is 45.4 Å². The minimum absolute atomic E-state index is 0.0846. The van der Waals surface area contributed by atoms with Crippen LogP contribution in [0, 0.1) is 5.41 Å². The monoisotopic (exact) mass is 220 g/mol. The van der Waals surface area contributed by atoms with E-state index in [4.69, 9.17) is 0 Å². The van der Waals surface area contributed by atoms with Gasteiger partial charge in [0.25, 0.3) is 0 Å². The first-order valence-corrected chi connectivity index (χ1v) is 6.39. The second-order valence-corrected chi connectivity index (χ2v) is 5.28. The molecule has 0 aromatic rings. The molecule has 0 N–H and O–H groups in total. The first-order valence-electron chi connectivity index (χ1n) is 6.39. The summed E-state index contributed by atoms with van der Waals surface area (Å²) < 4.78 is 0. The molecule has 16 heavy (non-hydrogen) atoms. The molecule has 0 amide bonds. The smallest absolute Gasteiger partial charge is 0.126 e. The van der Waals surface area contributed by atoms with E-state index in [1.165, 1.54) is 12.0 Å². The zero-order chi connectivity index (χ0) is 12.0. The van der Waals surface area contributed by atoms with Crippen LogP contribution in [0.3, 0.4) is 0 Å². The molecule has 1 aliphatic rings. The highest BCUT2D eigenvalue weighted by Gasteiger charge is 2.25. The van der Waals surface area contributed by atoms with Crippen LogP contribution in [0.2, 0.25) is 0 Å². The summed E-state index contributed by atoms with van der Waals surface area (Å²) in [6.45, 7) is 6.45. The van der Waals surface area contributed by atoms with Gasteiger partial charge >= 0.3 is 0 Å². The molecule has 1 aliphatic carbocycles. The van der Waals surface area contributed by atoms with Gasteiger partial charge in [0.2, 0.25) is 0 Å². The lowest BCUT2D eigenvalue weighted by atomic mass is 9.77. The summed E-state index contributed by atoms with van der Waals surface area (Å²) in [5, 5.41) is 0. The van der Waals surface area contributed by atoms with Crippen molar-refractivity contribution in [2.45, 2.75) is 59.3 Å². The largest absolute Gasteiger partial charge is 0.303 e. The third-order valence-electron chi connectivity index (χ3n) is 3.67. The molecule has 0 saturated carbocycles. The van der Waals surface area contributed by atoms with Crippen molar-refractivity contribution in [2.75, 3.05) is 0 Å². The number of hydrogen-bond donors (Lipinski definition) is 0. The topological polar surface area (TPSA) is 17.1 Å². The van der Waals surface area contributed by atoms with E-state index in [-0.39, 0.29) is 5.41 Å². The van der Waals surface area contributed by atoms with Gasteiger partial charge in [-0.25, -0.2) is 0 Å². The van der Waals surface area contributed by atoms with Crippen molar-refractivity contribution in [3.63, 3.8) is 0 Å². The zero-order valence-corrected chi connectivity index (χ0v) is 10.9. The SMILES string of the molecule is CCC(C)=CCCC1=CCC(C)(C=O)CC1. The zero-order valence-electron chi connectivity index (χ0n) is 10.9. The van der Waals surface area contributed by atoms with Gasteiger partial charge in [0.15, 0.2) is 0 Å². The van der Waals surface area contributed by atoms with Gasteiger partial charge in [0.1, 0.15) is 6.29 Å². The van der Waals surface area contributed by atoms with Gasteiger partial charge in [-0.15, -0.1) is 0 Å². The summed E-state index contributed by atoms with van der Waals surface area (Å²) in [6, 6.07) is 0. The van der Waals surface area contributed by atoms with Crippen LogP contribution in [0.1, 0.15) is 59.3 Å². The highest BCUT2D eigenvalue weighted by Crippen LogP contribution is 2.34. The van der Waals surface area contributed by atoms with Gasteiger partial charge in [0.05, 0.1) is 0 Å². The molecule has 0 radical (unpaired) electrons. The maximum absolute atomic E-state index is 10.9. The molecular formula is C15H24O. The highest BCUT2D eigenvalue weighted by atomic mass is 16.1. The second-order valence-electron chi connectivity index (χ2n) is 5.28. The Morgan fingerprint density at radius 1 is 1.56 bits per heavy atom. The average Bonchev–Trinajstić information content (AvgIpc) is 2.31. The maximum atomic E-state index is 10.9. The number of carbonyl (C=O) groups is 1. The van der Waals surface area contributed by atoms with Crippen LogP contribution < -0.4 is 0 Å². The van der Waals surface area contributed by atoms with Crippen LogP contribution in [-0.2, 0) is 4.79 Å². The van der Waals surface area contributed by atoms with E-state index in [0.717, 1.165) is 38.4 Å². The average molecular weight is 220 g/mol. The van der Waals surface area contributed by atoms with Crippen LogP contribution in [0.4, 0.5) is 0 Å². The third kappa shape index (κ3) is 3.96. The van der Waals surface area contributed by atoms with Crippen LogP contribution in [-0.4, -0.2) is 6.29 Å². The van der Waals surface area contributed by atoms with Gasteiger partial charge in [-0.3, -0.25) is 0 Å². The Bertz CT molecular complexity index is 299. The quantitative estimate of drug-likeness (QED) is 0.494. The van der Waals surface area contributed by atoms with Gasteiger partial charge < -0.3 is 4.79 Å². The minimum Gasteiger partial charge on any atom is -0.303 e. The molecule has 0 spiro atoms. The van der Waals surface area contributed by atoms with Crippen molar-refractivity contribution >= 4 is 6.29 Å². The summed E-state index contributed by atoms with van der Waals surface area (Å²) in [4.78, 5) is 10.9. The van der Waals surface area contributed by atoms with Crippen molar-refractivity contribution < 1.29 is 4.79 Å². The lowest BCUT2D eigenvalue weighted by molar-refractivity contribution is -0.115. The van der Waals surface area contributed by atoms with Gasteiger partial charge in [0, 0.05) is 5.41 Å². The lowest BCUT2D eigenvalue weighted by Crippen LogP contribution is -2.20. The maximum Gasteiger partial charge on any atom is 0.126 e. The normalized spacial score (nSPS) is 26.4. The Morgan fingerprint density at radius 2 is 2.31 bits per heavy atom. The number of carbonyl (C=O) groups excluding carboxylic acids is 1. The molecule has 1 heteroatoms. The summed E-state index contributed by atoms with van der Waals surface area (Å²) in [5.74, 6) is 0. The molecule has 1 nitrogen and oxygen atoms in total. The molecule has 0 aromatic heterocycles. The molecule has 1 unspecified atom stereocenters. The van der Waals surface area contributed by atoms with E-state index in [1.807, 2.05) is 0 Å². The molecular weight excluding hydrogens is 196 g/mol. The van der Waals surface area contributed by atoms with E-state index in [0.29, 0.717) is 0 Å². The van der Waals surface area contributed by atoms with E-state index < -0.39 is 0 Å². The first kappa shape index (κ1) is 13.2. The second kappa shape index (κ2) is 6.03.